The van der Waals surface area contributed by atoms with Gasteiger partial charge in [-0.3, -0.25) is 0 Å². The van der Waals surface area contributed by atoms with Gasteiger partial charge in [0.1, 0.15) is 0 Å². The monoisotopic (exact) mass is 1030 g/mol. The van der Waals surface area contributed by atoms with E-state index in [1.807, 2.05) is 95.2 Å². The largest absolute Gasteiger partial charge is 0.340 e. The molecule has 7 heteroatoms. The third-order valence-electron chi connectivity index (χ3n) is 14.9. The van der Waals surface area contributed by atoms with Crippen molar-refractivity contribution in [1.82, 2.24) is 4.57 Å². The molecule has 0 spiro atoms. The zero-order valence-corrected chi connectivity index (χ0v) is 45.6. The molecular formula is C72H67N7. The molecule has 1 atom stereocenters. The van der Waals surface area contributed by atoms with Gasteiger partial charge in [0.15, 0.2) is 0 Å². The van der Waals surface area contributed by atoms with Crippen molar-refractivity contribution in [3.8, 4) is 0 Å². The summed E-state index contributed by atoms with van der Waals surface area (Å²) in [6.45, 7) is 9.91. The van der Waals surface area contributed by atoms with Crippen molar-refractivity contribution in [2.75, 3.05) is 19.8 Å². The normalized spacial score (nSPS) is 11.9. The summed E-state index contributed by atoms with van der Waals surface area (Å²) in [5.41, 5.74) is 17.4. The highest BCUT2D eigenvalue weighted by molar-refractivity contribution is 6.11. The molecule has 11 rings (SSSR count). The SMILES string of the molecule is CCCCC(CC)Cn1c2ccc(N(c3ccc(C)cc3)c3ccc(/C=N/N(c4ccccc4)c4ccccc4)cc3)cc2c2cc(N(c3ccc(C)cc3)c3ccc(/C=N/N(c4ccccc4)c4ccccc4)cc3)ccc21. The first-order valence-corrected chi connectivity index (χ1v) is 27.8. The highest BCUT2D eigenvalue weighted by Crippen LogP contribution is 2.43. The predicted molar refractivity (Wildman–Crippen MR) is 337 cm³/mol. The van der Waals surface area contributed by atoms with Crippen LogP contribution in [0.3, 0.4) is 0 Å². The topological polar surface area (TPSA) is 42.6 Å². The maximum atomic E-state index is 5.02. The van der Waals surface area contributed by atoms with Crippen molar-refractivity contribution < 1.29 is 0 Å². The van der Waals surface area contributed by atoms with Crippen LogP contribution in [0.4, 0.5) is 56.9 Å². The number of hydrazone groups is 2. The Bertz CT molecular complexity index is 3460. The Morgan fingerprint density at radius 3 is 1.04 bits per heavy atom. The lowest BCUT2D eigenvalue weighted by atomic mass is 9.99. The van der Waals surface area contributed by atoms with E-state index in [2.05, 4.69) is 224 Å². The van der Waals surface area contributed by atoms with Gasteiger partial charge in [-0.1, -0.05) is 166 Å². The van der Waals surface area contributed by atoms with Gasteiger partial charge in [0.2, 0.25) is 0 Å². The van der Waals surface area contributed by atoms with Gasteiger partial charge in [-0.2, -0.15) is 10.2 Å². The first-order valence-electron chi connectivity index (χ1n) is 27.8. The summed E-state index contributed by atoms with van der Waals surface area (Å²) in [6, 6.07) is 90.5. The molecule has 0 N–H and O–H groups in total. The highest BCUT2D eigenvalue weighted by atomic mass is 15.5. The van der Waals surface area contributed by atoms with Gasteiger partial charge in [-0.25, -0.2) is 10.0 Å². The summed E-state index contributed by atoms with van der Waals surface area (Å²) in [7, 11) is 0. The van der Waals surface area contributed by atoms with Gasteiger partial charge in [-0.15, -0.1) is 0 Å². The van der Waals surface area contributed by atoms with Crippen LogP contribution < -0.4 is 19.8 Å². The molecule has 0 radical (unpaired) electrons. The lowest BCUT2D eigenvalue weighted by Crippen LogP contribution is -2.11. The van der Waals surface area contributed by atoms with Crippen LogP contribution in [-0.2, 0) is 6.54 Å². The molecule has 1 heterocycles. The molecule has 0 amide bonds. The van der Waals surface area contributed by atoms with Gasteiger partial charge in [0.05, 0.1) is 35.2 Å². The van der Waals surface area contributed by atoms with Gasteiger partial charge in [0.25, 0.3) is 0 Å². The van der Waals surface area contributed by atoms with E-state index in [9.17, 15) is 0 Å². The maximum Gasteiger partial charge on any atom is 0.0652 e. The molecule has 11 aromatic rings. The van der Waals surface area contributed by atoms with E-state index >= 15 is 0 Å². The molecule has 10 aromatic carbocycles. The molecule has 0 aliphatic rings. The number of fused-ring (bicyclic) bond motifs is 3. The van der Waals surface area contributed by atoms with Gasteiger partial charge < -0.3 is 14.4 Å². The summed E-state index contributed by atoms with van der Waals surface area (Å²) >= 11 is 0. The quantitative estimate of drug-likeness (QED) is 0.0564. The highest BCUT2D eigenvalue weighted by Gasteiger charge is 2.21. The molecule has 0 saturated carbocycles. The average Bonchev–Trinajstić information content (AvgIpc) is 3.92. The number of rotatable bonds is 20. The number of benzene rings is 10. The first-order chi connectivity index (χ1) is 38.9. The Balaban J connectivity index is 0.993. The van der Waals surface area contributed by atoms with Crippen LogP contribution in [0.5, 0.6) is 0 Å². The summed E-state index contributed by atoms with van der Waals surface area (Å²) < 4.78 is 2.60. The Labute approximate surface area is 466 Å². The summed E-state index contributed by atoms with van der Waals surface area (Å²) in [6.07, 6.45) is 8.65. The van der Waals surface area contributed by atoms with Crippen molar-refractivity contribution in [3.05, 3.63) is 277 Å². The molecular weight excluding hydrogens is 963 g/mol. The van der Waals surface area contributed by atoms with Gasteiger partial charge >= 0.3 is 0 Å². The molecule has 79 heavy (non-hydrogen) atoms. The predicted octanol–water partition coefficient (Wildman–Crippen LogP) is 19.9. The van der Waals surface area contributed by atoms with Gasteiger partial charge in [0, 0.05) is 62.5 Å². The van der Waals surface area contributed by atoms with Crippen LogP contribution in [0.2, 0.25) is 0 Å². The average molecular weight is 1030 g/mol. The lowest BCUT2D eigenvalue weighted by Gasteiger charge is -2.26. The standard InChI is InChI=1S/C72H67N7/c1-5-7-20-56(6-2)53-75-71-47-45-67(76(59-37-29-54(3)30-38-59)61-41-33-57(34-42-61)51-73-78(63-21-12-8-13-22-63)64-23-14-9-15-24-64)49-69(71)70-50-68(46-48-72(70)75)77(60-39-31-55(4)32-40-60)62-43-35-58(36-44-62)52-74-79(65-25-16-10-17-26-65)66-27-18-11-19-28-66/h8-19,21-52,56H,5-7,20,53H2,1-4H3/b73-51+,74-52+. The van der Waals surface area contributed by atoms with Gasteiger partial charge in [-0.05, 0) is 171 Å². The zero-order valence-electron chi connectivity index (χ0n) is 45.6. The number of hydrogen-bond acceptors (Lipinski definition) is 6. The molecule has 390 valence electrons. The Kier molecular flexibility index (Phi) is 15.9. The van der Waals surface area contributed by atoms with E-state index in [4.69, 9.17) is 10.2 Å². The second kappa shape index (κ2) is 24.3. The van der Waals surface area contributed by atoms with Crippen molar-refractivity contribution >= 4 is 91.1 Å². The molecule has 7 nitrogen and oxygen atoms in total. The minimum Gasteiger partial charge on any atom is -0.340 e. The smallest absolute Gasteiger partial charge is 0.0652 e. The van der Waals surface area contributed by atoms with E-state index in [0.717, 1.165) is 81.0 Å². The number of hydrogen-bond donors (Lipinski definition) is 0. The number of aryl methyl sites for hydroxylation is 2. The fourth-order valence-electron chi connectivity index (χ4n) is 10.5. The molecule has 1 unspecified atom stereocenters. The fourth-order valence-corrected chi connectivity index (χ4v) is 10.5. The first kappa shape index (κ1) is 51.6. The van der Waals surface area contributed by atoms with E-state index in [1.165, 1.54) is 52.2 Å². The molecule has 1 aromatic heterocycles. The molecule has 0 saturated heterocycles. The minimum atomic E-state index is 0.565. The van der Waals surface area contributed by atoms with Crippen LogP contribution in [-0.4, -0.2) is 17.0 Å². The second-order valence-corrected chi connectivity index (χ2v) is 20.4. The van der Waals surface area contributed by atoms with E-state index < -0.39 is 0 Å². The third-order valence-corrected chi connectivity index (χ3v) is 14.9. The molecule has 0 aliphatic heterocycles. The summed E-state index contributed by atoms with van der Waals surface area (Å²) in [4.78, 5) is 4.76. The summed E-state index contributed by atoms with van der Waals surface area (Å²) in [5.74, 6) is 0.565. The number of anilines is 10. The van der Waals surface area contributed by atoms with Crippen LogP contribution in [0.1, 0.15) is 61.8 Å². The second-order valence-electron chi connectivity index (χ2n) is 20.4. The maximum absolute atomic E-state index is 5.02. The third kappa shape index (κ3) is 11.8. The van der Waals surface area contributed by atoms with Crippen molar-refractivity contribution in [2.45, 2.75) is 59.9 Å². The van der Waals surface area contributed by atoms with Crippen molar-refractivity contribution in [3.63, 3.8) is 0 Å². The fraction of sp³-hybridized carbons (Fsp3) is 0.139. The van der Waals surface area contributed by atoms with E-state index in [-0.39, 0.29) is 0 Å². The molecule has 0 bridgehead atoms. The number of aromatic nitrogens is 1. The summed E-state index contributed by atoms with van der Waals surface area (Å²) in [5, 5.41) is 16.5. The number of para-hydroxylation sites is 4. The number of unbranched alkanes of at least 4 members (excludes halogenated alkanes) is 1. The molecule has 0 aliphatic carbocycles. The van der Waals surface area contributed by atoms with Crippen molar-refractivity contribution in [2.24, 2.45) is 16.1 Å². The van der Waals surface area contributed by atoms with Crippen LogP contribution in [0, 0.1) is 19.8 Å². The van der Waals surface area contributed by atoms with Crippen LogP contribution >= 0.6 is 0 Å². The van der Waals surface area contributed by atoms with Crippen molar-refractivity contribution in [1.29, 1.82) is 0 Å². The Morgan fingerprint density at radius 1 is 0.380 bits per heavy atom. The minimum absolute atomic E-state index is 0.565. The van der Waals surface area contributed by atoms with Crippen LogP contribution in [0.15, 0.2) is 265 Å². The number of nitrogens with zero attached hydrogens (tertiary/aromatic N) is 7. The Hall–Kier alpha value is -9.46. The zero-order chi connectivity index (χ0) is 53.9. The Morgan fingerprint density at radius 2 is 0.709 bits per heavy atom. The van der Waals surface area contributed by atoms with Crippen LogP contribution in [0.25, 0.3) is 21.8 Å². The van der Waals surface area contributed by atoms with E-state index in [0.29, 0.717) is 5.92 Å². The molecule has 0 fully saturated rings. The van der Waals surface area contributed by atoms with E-state index in [1.54, 1.807) is 0 Å². The lowest BCUT2D eigenvalue weighted by molar-refractivity contribution is 0.401.